The smallest absolute Gasteiger partial charge is 0.125 e. The highest BCUT2D eigenvalue weighted by molar-refractivity contribution is 5.01. The summed E-state index contributed by atoms with van der Waals surface area (Å²) < 4.78 is 0. The number of aryl methyl sites for hydroxylation is 1. The van der Waals surface area contributed by atoms with Gasteiger partial charge in [0, 0.05) is 18.8 Å². The summed E-state index contributed by atoms with van der Waals surface area (Å²) in [5, 5.41) is 3.66. The summed E-state index contributed by atoms with van der Waals surface area (Å²) in [7, 11) is 0. The molecule has 2 atom stereocenters. The van der Waals surface area contributed by atoms with Crippen molar-refractivity contribution in [2.45, 2.75) is 59.0 Å². The van der Waals surface area contributed by atoms with Gasteiger partial charge in [0.25, 0.3) is 0 Å². The lowest BCUT2D eigenvalue weighted by Gasteiger charge is -2.32. The first kappa shape index (κ1) is 13.5. The van der Waals surface area contributed by atoms with Crippen LogP contribution in [0.15, 0.2) is 12.3 Å². The summed E-state index contributed by atoms with van der Waals surface area (Å²) in [5.41, 5.74) is 1.11. The summed E-state index contributed by atoms with van der Waals surface area (Å²) in [5.74, 6) is 2.57. The molecular formula is C15H25N3. The van der Waals surface area contributed by atoms with E-state index in [1.807, 2.05) is 19.2 Å². The summed E-state index contributed by atoms with van der Waals surface area (Å²) in [6.45, 7) is 7.51. The van der Waals surface area contributed by atoms with Gasteiger partial charge in [0.05, 0.1) is 5.69 Å². The fraction of sp³-hybridized carbons (Fsp3) is 0.733. The number of nitrogens with one attached hydrogen (secondary N) is 1. The molecular weight excluding hydrogens is 222 g/mol. The average Bonchev–Trinajstić information content (AvgIpc) is 2.37. The molecule has 1 aliphatic rings. The molecule has 18 heavy (non-hydrogen) atoms. The third-order valence-corrected chi connectivity index (χ3v) is 4.06. The quantitative estimate of drug-likeness (QED) is 0.888. The van der Waals surface area contributed by atoms with Gasteiger partial charge in [0.2, 0.25) is 0 Å². The van der Waals surface area contributed by atoms with Crippen LogP contribution in [0.4, 0.5) is 0 Å². The maximum Gasteiger partial charge on any atom is 0.125 e. The van der Waals surface area contributed by atoms with Gasteiger partial charge in [-0.1, -0.05) is 26.7 Å². The molecule has 2 rings (SSSR count). The van der Waals surface area contributed by atoms with E-state index in [0.717, 1.165) is 29.9 Å². The molecule has 1 fully saturated rings. The van der Waals surface area contributed by atoms with E-state index in [2.05, 4.69) is 29.1 Å². The second-order valence-corrected chi connectivity index (χ2v) is 5.84. The van der Waals surface area contributed by atoms with Crippen molar-refractivity contribution in [3.05, 3.63) is 23.8 Å². The molecule has 2 unspecified atom stereocenters. The van der Waals surface area contributed by atoms with Crippen LogP contribution < -0.4 is 5.32 Å². The zero-order valence-corrected chi connectivity index (χ0v) is 11.8. The third-order valence-electron chi connectivity index (χ3n) is 4.06. The van der Waals surface area contributed by atoms with Crippen LogP contribution in [0, 0.1) is 18.8 Å². The van der Waals surface area contributed by atoms with E-state index in [4.69, 9.17) is 0 Å². The number of aromatic nitrogens is 2. The van der Waals surface area contributed by atoms with Crippen molar-refractivity contribution in [3.8, 4) is 0 Å². The van der Waals surface area contributed by atoms with Crippen molar-refractivity contribution in [1.29, 1.82) is 0 Å². The minimum Gasteiger partial charge on any atom is -0.308 e. The number of rotatable bonds is 4. The standard InChI is InChI=1S/C15H25N3/c1-11(2)13-5-4-6-14(9-13)17-10-15-7-8-16-12(3)18-15/h7-8,11,13-14,17H,4-6,9-10H2,1-3H3. The lowest BCUT2D eigenvalue weighted by Crippen LogP contribution is -2.35. The van der Waals surface area contributed by atoms with Gasteiger partial charge in [-0.3, -0.25) is 0 Å². The van der Waals surface area contributed by atoms with Gasteiger partial charge in [-0.2, -0.15) is 0 Å². The SMILES string of the molecule is Cc1nccc(CNC2CCCC(C(C)C)C2)n1. The Bertz CT molecular complexity index is 376. The second-order valence-electron chi connectivity index (χ2n) is 5.84. The maximum atomic E-state index is 4.44. The first-order chi connectivity index (χ1) is 8.65. The van der Waals surface area contributed by atoms with Crippen LogP contribution in [0.3, 0.4) is 0 Å². The van der Waals surface area contributed by atoms with Crippen molar-refractivity contribution in [3.63, 3.8) is 0 Å². The van der Waals surface area contributed by atoms with Gasteiger partial charge >= 0.3 is 0 Å². The Hall–Kier alpha value is -0.960. The Balaban J connectivity index is 1.83. The molecule has 1 aromatic rings. The normalized spacial score (nSPS) is 24.4. The lowest BCUT2D eigenvalue weighted by atomic mass is 9.79. The van der Waals surface area contributed by atoms with E-state index in [-0.39, 0.29) is 0 Å². The van der Waals surface area contributed by atoms with Crippen molar-refractivity contribution in [2.75, 3.05) is 0 Å². The summed E-state index contributed by atoms with van der Waals surface area (Å²) >= 11 is 0. The van der Waals surface area contributed by atoms with Gasteiger partial charge in [-0.05, 0) is 37.7 Å². The van der Waals surface area contributed by atoms with E-state index in [9.17, 15) is 0 Å². The van der Waals surface area contributed by atoms with Gasteiger partial charge in [0.15, 0.2) is 0 Å². The van der Waals surface area contributed by atoms with Crippen LogP contribution in [0.1, 0.15) is 51.0 Å². The topological polar surface area (TPSA) is 37.8 Å². The molecule has 1 N–H and O–H groups in total. The monoisotopic (exact) mass is 247 g/mol. The van der Waals surface area contributed by atoms with E-state index in [1.165, 1.54) is 25.7 Å². The Labute approximate surface area is 110 Å². The third kappa shape index (κ3) is 3.77. The highest BCUT2D eigenvalue weighted by atomic mass is 15.0. The molecule has 0 aromatic carbocycles. The highest BCUT2D eigenvalue weighted by Gasteiger charge is 2.23. The van der Waals surface area contributed by atoms with E-state index < -0.39 is 0 Å². The van der Waals surface area contributed by atoms with Crippen molar-refractivity contribution in [2.24, 2.45) is 11.8 Å². The molecule has 100 valence electrons. The number of hydrogen-bond acceptors (Lipinski definition) is 3. The molecule has 1 aliphatic carbocycles. The fourth-order valence-electron chi connectivity index (χ4n) is 2.87. The van der Waals surface area contributed by atoms with Crippen LogP contribution in [-0.4, -0.2) is 16.0 Å². The Morgan fingerprint density at radius 1 is 1.39 bits per heavy atom. The summed E-state index contributed by atoms with van der Waals surface area (Å²) in [6.07, 6.45) is 7.25. The second kappa shape index (κ2) is 6.28. The Morgan fingerprint density at radius 3 is 2.94 bits per heavy atom. The number of nitrogens with zero attached hydrogens (tertiary/aromatic N) is 2. The molecule has 0 radical (unpaired) electrons. The minimum absolute atomic E-state index is 0.668. The zero-order valence-electron chi connectivity index (χ0n) is 11.8. The van der Waals surface area contributed by atoms with Crippen LogP contribution in [0.2, 0.25) is 0 Å². The molecule has 0 amide bonds. The minimum atomic E-state index is 0.668. The Morgan fingerprint density at radius 2 is 2.22 bits per heavy atom. The van der Waals surface area contributed by atoms with Gasteiger partial charge in [-0.25, -0.2) is 9.97 Å². The summed E-state index contributed by atoms with van der Waals surface area (Å²) in [4.78, 5) is 8.57. The molecule has 0 bridgehead atoms. The van der Waals surface area contributed by atoms with Crippen LogP contribution in [0.5, 0.6) is 0 Å². The number of hydrogen-bond donors (Lipinski definition) is 1. The average molecular weight is 247 g/mol. The first-order valence-electron chi connectivity index (χ1n) is 7.17. The summed E-state index contributed by atoms with van der Waals surface area (Å²) in [6, 6.07) is 2.67. The Kier molecular flexibility index (Phi) is 4.70. The van der Waals surface area contributed by atoms with E-state index in [0.29, 0.717) is 6.04 Å². The molecule has 3 nitrogen and oxygen atoms in total. The van der Waals surface area contributed by atoms with Crippen molar-refractivity contribution in [1.82, 2.24) is 15.3 Å². The van der Waals surface area contributed by atoms with Gasteiger partial charge < -0.3 is 5.32 Å². The molecule has 3 heteroatoms. The highest BCUT2D eigenvalue weighted by Crippen LogP contribution is 2.29. The fourth-order valence-corrected chi connectivity index (χ4v) is 2.87. The van der Waals surface area contributed by atoms with Crippen LogP contribution >= 0.6 is 0 Å². The molecule has 0 aliphatic heterocycles. The van der Waals surface area contributed by atoms with Crippen molar-refractivity contribution < 1.29 is 0 Å². The van der Waals surface area contributed by atoms with E-state index >= 15 is 0 Å². The lowest BCUT2D eigenvalue weighted by molar-refractivity contribution is 0.230. The maximum absolute atomic E-state index is 4.44. The van der Waals surface area contributed by atoms with Crippen LogP contribution in [0.25, 0.3) is 0 Å². The predicted octanol–water partition coefficient (Wildman–Crippen LogP) is 3.09. The van der Waals surface area contributed by atoms with Crippen molar-refractivity contribution >= 4 is 0 Å². The molecule has 0 spiro atoms. The molecule has 0 saturated heterocycles. The van der Waals surface area contributed by atoms with Gasteiger partial charge in [0.1, 0.15) is 5.82 Å². The van der Waals surface area contributed by atoms with Gasteiger partial charge in [-0.15, -0.1) is 0 Å². The molecule has 1 aromatic heterocycles. The first-order valence-corrected chi connectivity index (χ1v) is 7.17. The largest absolute Gasteiger partial charge is 0.308 e. The molecule has 1 saturated carbocycles. The van der Waals surface area contributed by atoms with E-state index in [1.54, 1.807) is 0 Å². The zero-order chi connectivity index (χ0) is 13.0. The molecule has 1 heterocycles. The predicted molar refractivity (Wildman–Crippen MR) is 74.2 cm³/mol. The van der Waals surface area contributed by atoms with Crippen LogP contribution in [-0.2, 0) is 6.54 Å².